The number of carbonyl (C=O) groups is 3. The van der Waals surface area contributed by atoms with Crippen molar-refractivity contribution < 1.29 is 19.5 Å². The monoisotopic (exact) mass is 462 g/mol. The molecule has 1 aromatic heterocycles. The van der Waals surface area contributed by atoms with E-state index in [1.165, 1.54) is 25.0 Å². The van der Waals surface area contributed by atoms with Crippen molar-refractivity contribution in [2.24, 2.45) is 0 Å². The van der Waals surface area contributed by atoms with Gasteiger partial charge in [0.25, 0.3) is 11.8 Å². The molecule has 3 aliphatic heterocycles. The van der Waals surface area contributed by atoms with Crippen LogP contribution in [0.2, 0.25) is 0 Å². The Balaban J connectivity index is 1.44. The van der Waals surface area contributed by atoms with Crippen LogP contribution in [0.4, 0.5) is 5.69 Å². The number of aryl methyl sites for hydroxylation is 1. The standard InChI is InChI=1S/C26H30N4O4/c1-15-22(13-20-19-12-17(26(33)34)7-8-21(19)28-24(20)31)27-16(2)23(15)25(32)30-11-5-6-18(30)14-29-9-3-4-10-29/h7-8,12-13,18,27H,3-6,9-11,14H2,1-2H3,(H,28,31)(H,33,34)/t18-/m1/s1. The molecular formula is C26H30N4O4. The van der Waals surface area contributed by atoms with Gasteiger partial charge in [0.15, 0.2) is 0 Å². The zero-order valence-electron chi connectivity index (χ0n) is 19.6. The molecule has 8 nitrogen and oxygen atoms in total. The zero-order valence-corrected chi connectivity index (χ0v) is 19.6. The minimum Gasteiger partial charge on any atom is -0.478 e. The third-order valence-electron chi connectivity index (χ3n) is 7.33. The van der Waals surface area contributed by atoms with Crippen LogP contribution in [0.15, 0.2) is 18.2 Å². The number of amides is 2. The van der Waals surface area contributed by atoms with Gasteiger partial charge in [-0.1, -0.05) is 0 Å². The number of carboxylic acids is 1. The maximum Gasteiger partial charge on any atom is 0.335 e. The fourth-order valence-electron chi connectivity index (χ4n) is 5.55. The maximum absolute atomic E-state index is 13.6. The minimum absolute atomic E-state index is 0.0436. The van der Waals surface area contributed by atoms with E-state index in [-0.39, 0.29) is 23.4 Å². The highest BCUT2D eigenvalue weighted by molar-refractivity contribution is 6.35. The first kappa shape index (κ1) is 22.4. The molecule has 3 N–H and O–H groups in total. The summed E-state index contributed by atoms with van der Waals surface area (Å²) >= 11 is 0. The number of anilines is 1. The van der Waals surface area contributed by atoms with Crippen LogP contribution in [0.5, 0.6) is 0 Å². The lowest BCUT2D eigenvalue weighted by atomic mass is 10.0. The Morgan fingerprint density at radius 2 is 1.91 bits per heavy atom. The van der Waals surface area contributed by atoms with Crippen molar-refractivity contribution in [3.63, 3.8) is 0 Å². The van der Waals surface area contributed by atoms with Gasteiger partial charge >= 0.3 is 5.97 Å². The molecule has 8 heteroatoms. The van der Waals surface area contributed by atoms with Crippen LogP contribution in [-0.4, -0.2) is 69.9 Å². The number of benzene rings is 1. The fourth-order valence-corrected chi connectivity index (χ4v) is 5.55. The number of aromatic amines is 1. The third-order valence-corrected chi connectivity index (χ3v) is 7.33. The molecule has 0 spiro atoms. The summed E-state index contributed by atoms with van der Waals surface area (Å²) in [6, 6.07) is 4.82. The van der Waals surface area contributed by atoms with E-state index in [4.69, 9.17) is 0 Å². The van der Waals surface area contributed by atoms with Gasteiger partial charge in [-0.15, -0.1) is 0 Å². The van der Waals surface area contributed by atoms with Gasteiger partial charge < -0.3 is 25.2 Å². The lowest BCUT2D eigenvalue weighted by Gasteiger charge is -2.28. The number of aromatic carboxylic acids is 1. The van der Waals surface area contributed by atoms with E-state index in [0.29, 0.717) is 28.1 Å². The molecule has 5 rings (SSSR count). The quantitative estimate of drug-likeness (QED) is 0.590. The molecule has 2 amide bonds. The predicted octanol–water partition coefficient (Wildman–Crippen LogP) is 3.52. The second-order valence-corrected chi connectivity index (χ2v) is 9.54. The smallest absolute Gasteiger partial charge is 0.335 e. The summed E-state index contributed by atoms with van der Waals surface area (Å²) in [5, 5.41) is 12.1. The molecule has 178 valence electrons. The van der Waals surface area contributed by atoms with E-state index in [9.17, 15) is 19.5 Å². The molecule has 2 saturated heterocycles. The zero-order chi connectivity index (χ0) is 24.0. The highest BCUT2D eigenvalue weighted by Crippen LogP contribution is 2.35. The van der Waals surface area contributed by atoms with Crippen LogP contribution in [0.1, 0.15) is 68.9 Å². The topological polar surface area (TPSA) is 106 Å². The summed E-state index contributed by atoms with van der Waals surface area (Å²) in [7, 11) is 0. The highest BCUT2D eigenvalue weighted by atomic mass is 16.4. The number of aromatic nitrogens is 1. The lowest BCUT2D eigenvalue weighted by Crippen LogP contribution is -2.42. The van der Waals surface area contributed by atoms with E-state index in [0.717, 1.165) is 50.3 Å². The van der Waals surface area contributed by atoms with E-state index in [1.807, 2.05) is 18.7 Å². The molecule has 0 unspecified atom stereocenters. The third kappa shape index (κ3) is 3.92. The molecule has 0 bridgehead atoms. The molecule has 0 radical (unpaired) electrons. The van der Waals surface area contributed by atoms with Crippen molar-refractivity contribution in [1.82, 2.24) is 14.8 Å². The van der Waals surface area contributed by atoms with Crippen LogP contribution in [0, 0.1) is 13.8 Å². The summed E-state index contributed by atoms with van der Waals surface area (Å²) < 4.78 is 0. The number of likely N-dealkylation sites (tertiary alicyclic amines) is 2. The van der Waals surface area contributed by atoms with Crippen LogP contribution in [0.3, 0.4) is 0 Å². The number of nitrogens with zero attached hydrogens (tertiary/aromatic N) is 2. The number of nitrogens with one attached hydrogen (secondary N) is 2. The first-order valence-corrected chi connectivity index (χ1v) is 12.0. The summed E-state index contributed by atoms with van der Waals surface area (Å²) in [4.78, 5) is 45.5. The number of fused-ring (bicyclic) bond motifs is 1. The highest BCUT2D eigenvalue weighted by Gasteiger charge is 2.34. The number of hydrogen-bond donors (Lipinski definition) is 3. The van der Waals surface area contributed by atoms with Crippen LogP contribution < -0.4 is 5.32 Å². The van der Waals surface area contributed by atoms with Crippen LogP contribution in [-0.2, 0) is 4.79 Å². The average Bonchev–Trinajstić information content (AvgIpc) is 3.58. The first-order chi connectivity index (χ1) is 16.3. The largest absolute Gasteiger partial charge is 0.478 e. The summed E-state index contributed by atoms with van der Waals surface area (Å²) in [5.41, 5.74) is 4.57. The van der Waals surface area contributed by atoms with Crippen molar-refractivity contribution in [1.29, 1.82) is 0 Å². The molecule has 0 saturated carbocycles. The number of carboxylic acid groups (broad SMARTS) is 1. The number of H-pyrrole nitrogens is 1. The Morgan fingerprint density at radius 3 is 2.65 bits per heavy atom. The van der Waals surface area contributed by atoms with Gasteiger partial charge in [0.2, 0.25) is 0 Å². The van der Waals surface area contributed by atoms with E-state index in [1.54, 1.807) is 12.1 Å². The van der Waals surface area contributed by atoms with Crippen molar-refractivity contribution in [2.45, 2.75) is 45.6 Å². The Kier molecular flexibility index (Phi) is 5.77. The first-order valence-electron chi connectivity index (χ1n) is 12.0. The molecule has 34 heavy (non-hydrogen) atoms. The van der Waals surface area contributed by atoms with Gasteiger partial charge in [0, 0.05) is 41.8 Å². The van der Waals surface area contributed by atoms with Gasteiger partial charge in [-0.05, 0) is 82.5 Å². The molecule has 3 aliphatic rings. The SMILES string of the molecule is Cc1[nH]c(C=C2C(=O)Nc3ccc(C(=O)O)cc32)c(C)c1C(=O)N1CCC[C@@H]1CN1CCCC1. The van der Waals surface area contributed by atoms with Crippen LogP contribution in [0.25, 0.3) is 11.6 Å². The molecule has 1 atom stereocenters. The molecule has 4 heterocycles. The molecular weight excluding hydrogens is 432 g/mol. The van der Waals surface area contributed by atoms with Gasteiger partial charge in [0.05, 0.1) is 16.7 Å². The molecule has 0 aliphatic carbocycles. The van der Waals surface area contributed by atoms with E-state index >= 15 is 0 Å². The maximum atomic E-state index is 13.6. The molecule has 2 aromatic rings. The van der Waals surface area contributed by atoms with Crippen LogP contribution >= 0.6 is 0 Å². The average molecular weight is 463 g/mol. The van der Waals surface area contributed by atoms with Gasteiger partial charge in [0.1, 0.15) is 0 Å². The van der Waals surface area contributed by atoms with Gasteiger partial charge in [-0.25, -0.2) is 4.79 Å². The number of rotatable bonds is 5. The van der Waals surface area contributed by atoms with Crippen molar-refractivity contribution in [3.05, 3.63) is 51.8 Å². The predicted molar refractivity (Wildman–Crippen MR) is 130 cm³/mol. The molecule has 1 aromatic carbocycles. The summed E-state index contributed by atoms with van der Waals surface area (Å²) in [5.74, 6) is -1.29. The normalized spacial score (nSPS) is 21.4. The summed E-state index contributed by atoms with van der Waals surface area (Å²) in [6.07, 6.45) is 6.24. The Bertz CT molecular complexity index is 1210. The Hall–Kier alpha value is -3.39. The van der Waals surface area contributed by atoms with Crippen molar-refractivity contribution in [3.8, 4) is 0 Å². The van der Waals surface area contributed by atoms with Gasteiger partial charge in [-0.2, -0.15) is 0 Å². The Morgan fingerprint density at radius 1 is 1.15 bits per heavy atom. The second-order valence-electron chi connectivity index (χ2n) is 9.54. The van der Waals surface area contributed by atoms with E-state index < -0.39 is 5.97 Å². The number of hydrogen-bond acceptors (Lipinski definition) is 4. The second kappa shape index (κ2) is 8.76. The van der Waals surface area contributed by atoms with Crippen molar-refractivity contribution in [2.75, 3.05) is 31.5 Å². The van der Waals surface area contributed by atoms with Crippen molar-refractivity contribution >= 4 is 35.1 Å². The van der Waals surface area contributed by atoms with Gasteiger partial charge in [-0.3, -0.25) is 9.59 Å². The molecule has 2 fully saturated rings. The number of carbonyl (C=O) groups excluding carboxylic acids is 2. The summed E-state index contributed by atoms with van der Waals surface area (Å²) in [6.45, 7) is 7.73. The van der Waals surface area contributed by atoms with E-state index in [2.05, 4.69) is 15.2 Å². The Labute approximate surface area is 198 Å². The fraction of sp³-hybridized carbons (Fsp3) is 0.423. The minimum atomic E-state index is -1.05. The lowest BCUT2D eigenvalue weighted by molar-refractivity contribution is -0.110.